The number of amides is 1. The third-order valence-electron chi connectivity index (χ3n) is 5.84. The lowest BCUT2D eigenvalue weighted by Gasteiger charge is -2.33. The van der Waals surface area contributed by atoms with E-state index in [4.69, 9.17) is 0 Å². The lowest BCUT2D eigenvalue weighted by Crippen LogP contribution is -2.33. The van der Waals surface area contributed by atoms with Gasteiger partial charge in [0.15, 0.2) is 0 Å². The molecule has 0 bridgehead atoms. The van der Waals surface area contributed by atoms with E-state index in [1.165, 1.54) is 25.3 Å². The van der Waals surface area contributed by atoms with Gasteiger partial charge in [0.05, 0.1) is 23.2 Å². The normalized spacial score (nSPS) is 14.6. The van der Waals surface area contributed by atoms with Crippen molar-refractivity contribution in [3.8, 4) is 0 Å². The van der Waals surface area contributed by atoms with E-state index in [0.29, 0.717) is 33.9 Å². The monoisotopic (exact) mass is 408 g/mol. The van der Waals surface area contributed by atoms with Crippen molar-refractivity contribution in [2.45, 2.75) is 44.6 Å². The van der Waals surface area contributed by atoms with Crippen LogP contribution < -0.4 is 15.8 Å². The van der Waals surface area contributed by atoms with Crippen LogP contribution in [0.4, 0.5) is 15.8 Å². The summed E-state index contributed by atoms with van der Waals surface area (Å²) in [7, 11) is 1.93. The molecular weight excluding hydrogens is 383 g/mol. The van der Waals surface area contributed by atoms with Gasteiger partial charge < -0.3 is 10.2 Å². The summed E-state index contributed by atoms with van der Waals surface area (Å²) in [5.74, 6) is -0.680. The number of nitrogens with one attached hydrogen (secondary N) is 2. The minimum Gasteiger partial charge on any atom is -0.369 e. The smallest absolute Gasteiger partial charge is 0.272 e. The van der Waals surface area contributed by atoms with Crippen LogP contribution in [0, 0.1) is 5.82 Å². The first-order valence-electron chi connectivity index (χ1n) is 10.3. The number of hydrogen-bond donors (Lipinski definition) is 2. The van der Waals surface area contributed by atoms with E-state index >= 15 is 0 Å². The molecule has 1 aromatic heterocycles. The Balaban J connectivity index is 1.47. The van der Waals surface area contributed by atoms with Gasteiger partial charge in [0.25, 0.3) is 5.56 Å². The minimum atomic E-state index is -0.353. The fourth-order valence-corrected chi connectivity index (χ4v) is 4.20. The van der Waals surface area contributed by atoms with Gasteiger partial charge in [-0.1, -0.05) is 37.5 Å². The van der Waals surface area contributed by atoms with Gasteiger partial charge in [-0.2, -0.15) is 5.10 Å². The molecule has 1 amide bonds. The molecule has 1 aliphatic carbocycles. The molecule has 2 aromatic carbocycles. The molecule has 30 heavy (non-hydrogen) atoms. The molecule has 1 aliphatic rings. The predicted molar refractivity (Wildman–Crippen MR) is 116 cm³/mol. The molecule has 0 aliphatic heterocycles. The molecule has 2 N–H and O–H groups in total. The number of fused-ring (bicyclic) bond motifs is 1. The van der Waals surface area contributed by atoms with Crippen LogP contribution in [0.5, 0.6) is 0 Å². The maximum Gasteiger partial charge on any atom is 0.272 e. The summed E-state index contributed by atoms with van der Waals surface area (Å²) in [5, 5.41) is 10.3. The zero-order valence-electron chi connectivity index (χ0n) is 17.0. The fourth-order valence-electron chi connectivity index (χ4n) is 4.20. The number of aromatic amines is 1. The Bertz CT molecular complexity index is 1120. The first kappa shape index (κ1) is 20.1. The number of benzene rings is 2. The van der Waals surface area contributed by atoms with Crippen LogP contribution in [0.25, 0.3) is 10.8 Å². The van der Waals surface area contributed by atoms with Crippen molar-refractivity contribution in [1.82, 2.24) is 10.2 Å². The van der Waals surface area contributed by atoms with Crippen LogP contribution in [0.15, 0.2) is 47.3 Å². The summed E-state index contributed by atoms with van der Waals surface area (Å²) in [4.78, 5) is 26.4. The van der Waals surface area contributed by atoms with Gasteiger partial charge in [0, 0.05) is 24.2 Å². The Morgan fingerprint density at radius 1 is 1.17 bits per heavy atom. The van der Waals surface area contributed by atoms with E-state index in [2.05, 4.69) is 15.5 Å². The Morgan fingerprint density at radius 2 is 1.90 bits per heavy atom. The van der Waals surface area contributed by atoms with Crippen molar-refractivity contribution in [1.29, 1.82) is 0 Å². The second-order valence-corrected chi connectivity index (χ2v) is 7.84. The predicted octanol–water partition coefficient (Wildman–Crippen LogP) is 4.01. The zero-order chi connectivity index (χ0) is 21.1. The van der Waals surface area contributed by atoms with Crippen molar-refractivity contribution < 1.29 is 9.18 Å². The zero-order valence-corrected chi connectivity index (χ0v) is 17.0. The van der Waals surface area contributed by atoms with E-state index in [9.17, 15) is 14.0 Å². The van der Waals surface area contributed by atoms with Crippen molar-refractivity contribution in [3.05, 3.63) is 64.3 Å². The second kappa shape index (κ2) is 8.65. The van der Waals surface area contributed by atoms with Gasteiger partial charge in [0.2, 0.25) is 5.91 Å². The molecule has 0 unspecified atom stereocenters. The maximum absolute atomic E-state index is 14.7. The number of hydrogen-bond acceptors (Lipinski definition) is 4. The van der Waals surface area contributed by atoms with E-state index in [0.717, 1.165) is 12.8 Å². The first-order valence-corrected chi connectivity index (χ1v) is 10.3. The molecule has 0 saturated heterocycles. The van der Waals surface area contributed by atoms with Crippen LogP contribution in [0.2, 0.25) is 0 Å². The largest absolute Gasteiger partial charge is 0.369 e. The number of carbonyl (C=O) groups excluding carboxylic acids is 1. The van der Waals surface area contributed by atoms with Crippen LogP contribution in [0.3, 0.4) is 0 Å². The van der Waals surface area contributed by atoms with Gasteiger partial charge in [-0.05, 0) is 37.1 Å². The van der Waals surface area contributed by atoms with E-state index < -0.39 is 0 Å². The molecule has 1 saturated carbocycles. The average Bonchev–Trinajstić information content (AvgIpc) is 2.76. The molecule has 1 heterocycles. The number of halogens is 1. The standard InChI is InChI=1S/C23H25FN4O2/c1-28(16-7-3-2-4-8-16)21-12-11-15(13-19(21)24)25-22(29)14-20-17-9-5-6-10-18(17)23(30)27-26-20/h5-6,9-13,16H,2-4,7-8,14H2,1H3,(H,25,29)(H,27,30). The quantitative estimate of drug-likeness (QED) is 0.669. The number of H-pyrrole nitrogens is 1. The number of rotatable bonds is 5. The summed E-state index contributed by atoms with van der Waals surface area (Å²) in [6, 6.07) is 12.1. The molecule has 1 fully saturated rings. The number of carbonyl (C=O) groups is 1. The Morgan fingerprint density at radius 3 is 2.63 bits per heavy atom. The van der Waals surface area contributed by atoms with Crippen LogP contribution in [-0.2, 0) is 11.2 Å². The van der Waals surface area contributed by atoms with E-state index in [1.54, 1.807) is 36.4 Å². The maximum atomic E-state index is 14.7. The highest BCUT2D eigenvalue weighted by Crippen LogP contribution is 2.29. The molecule has 0 atom stereocenters. The summed E-state index contributed by atoms with van der Waals surface area (Å²) in [6.45, 7) is 0. The van der Waals surface area contributed by atoms with Gasteiger partial charge in [0.1, 0.15) is 5.82 Å². The van der Waals surface area contributed by atoms with Crippen molar-refractivity contribution in [3.63, 3.8) is 0 Å². The van der Waals surface area contributed by atoms with Gasteiger partial charge in [-0.25, -0.2) is 9.49 Å². The molecule has 3 aromatic rings. The lowest BCUT2D eigenvalue weighted by atomic mass is 9.94. The Hall–Kier alpha value is -3.22. The van der Waals surface area contributed by atoms with Crippen molar-refractivity contribution >= 4 is 28.1 Å². The summed E-state index contributed by atoms with van der Waals surface area (Å²) < 4.78 is 14.7. The molecule has 4 rings (SSSR count). The van der Waals surface area contributed by atoms with Crippen molar-refractivity contribution in [2.24, 2.45) is 0 Å². The topological polar surface area (TPSA) is 78.1 Å². The molecule has 156 valence electrons. The highest BCUT2D eigenvalue weighted by atomic mass is 19.1. The Kier molecular flexibility index (Phi) is 5.79. The summed E-state index contributed by atoms with van der Waals surface area (Å²) in [6.07, 6.45) is 5.74. The second-order valence-electron chi connectivity index (χ2n) is 7.84. The number of aromatic nitrogens is 2. The summed E-state index contributed by atoms with van der Waals surface area (Å²) >= 11 is 0. The van der Waals surface area contributed by atoms with E-state index in [1.807, 2.05) is 11.9 Å². The third-order valence-corrected chi connectivity index (χ3v) is 5.84. The lowest BCUT2D eigenvalue weighted by molar-refractivity contribution is -0.115. The van der Waals surface area contributed by atoms with Gasteiger partial charge >= 0.3 is 0 Å². The fraction of sp³-hybridized carbons (Fsp3) is 0.348. The van der Waals surface area contributed by atoms with Crippen molar-refractivity contribution in [2.75, 3.05) is 17.3 Å². The van der Waals surface area contributed by atoms with Crippen LogP contribution in [-0.4, -0.2) is 29.2 Å². The molecular formula is C23H25FN4O2. The first-order chi connectivity index (χ1) is 14.5. The average molecular weight is 408 g/mol. The summed E-state index contributed by atoms with van der Waals surface area (Å²) in [5.41, 5.74) is 1.12. The third kappa shape index (κ3) is 4.20. The number of nitrogens with zero attached hydrogens (tertiary/aromatic N) is 2. The van der Waals surface area contributed by atoms with Gasteiger partial charge in [-0.3, -0.25) is 9.59 Å². The minimum absolute atomic E-state index is 0.0252. The van der Waals surface area contributed by atoms with E-state index in [-0.39, 0.29) is 23.7 Å². The molecule has 7 heteroatoms. The SMILES string of the molecule is CN(c1ccc(NC(=O)Cc2n[nH]c(=O)c3ccccc23)cc1F)C1CCCCC1. The molecule has 0 spiro atoms. The van der Waals surface area contributed by atoms with Crippen LogP contribution >= 0.6 is 0 Å². The van der Waals surface area contributed by atoms with Crippen LogP contribution in [0.1, 0.15) is 37.8 Å². The highest BCUT2D eigenvalue weighted by Gasteiger charge is 2.21. The number of anilines is 2. The molecule has 6 nitrogen and oxygen atoms in total. The highest BCUT2D eigenvalue weighted by molar-refractivity contribution is 5.95. The Labute approximate surface area is 174 Å². The molecule has 0 radical (unpaired) electrons. The van der Waals surface area contributed by atoms with Gasteiger partial charge in [-0.15, -0.1) is 0 Å².